The van der Waals surface area contributed by atoms with E-state index in [-0.39, 0.29) is 22.8 Å². The first-order chi connectivity index (χ1) is 12.1. The van der Waals surface area contributed by atoms with Crippen molar-refractivity contribution in [1.29, 1.82) is 0 Å². The lowest BCUT2D eigenvalue weighted by atomic mass is 9.87. The van der Waals surface area contributed by atoms with Crippen molar-refractivity contribution < 1.29 is 4.39 Å². The maximum Gasteiger partial charge on any atom is 0.278 e. The third-order valence-electron chi connectivity index (χ3n) is 4.27. The normalized spacial score (nSPS) is 12.3. The van der Waals surface area contributed by atoms with Gasteiger partial charge in [0.15, 0.2) is 10.8 Å². The fraction of sp³-hybridized carbons (Fsp3) is 0.421. The molecular formula is C19H23FN4OS. The summed E-state index contributed by atoms with van der Waals surface area (Å²) < 4.78 is 17.7. The number of thioether (sulfide) groups is 1. The monoisotopic (exact) mass is 374 g/mol. The highest BCUT2D eigenvalue weighted by molar-refractivity contribution is 7.98. The van der Waals surface area contributed by atoms with Crippen molar-refractivity contribution in [2.75, 3.05) is 6.26 Å². The van der Waals surface area contributed by atoms with Crippen molar-refractivity contribution in [2.24, 2.45) is 0 Å². The van der Waals surface area contributed by atoms with Gasteiger partial charge in [-0.15, -0.1) is 0 Å². The van der Waals surface area contributed by atoms with Crippen LogP contribution < -0.4 is 5.56 Å². The Hall–Kier alpha value is -2.15. The largest absolute Gasteiger partial charge is 0.278 e. The van der Waals surface area contributed by atoms with Gasteiger partial charge in [0.25, 0.3) is 5.56 Å². The first kappa shape index (κ1) is 18.6. The molecule has 0 unspecified atom stereocenters. The summed E-state index contributed by atoms with van der Waals surface area (Å²) in [6.45, 7) is 9.93. The van der Waals surface area contributed by atoms with Crippen molar-refractivity contribution in [3.05, 3.63) is 46.1 Å². The van der Waals surface area contributed by atoms with Crippen molar-refractivity contribution in [3.63, 3.8) is 0 Å². The molecule has 7 heteroatoms. The zero-order chi connectivity index (χ0) is 19.2. The van der Waals surface area contributed by atoms with Gasteiger partial charge in [-0.2, -0.15) is 0 Å². The fourth-order valence-electron chi connectivity index (χ4n) is 2.93. The topological polar surface area (TPSA) is 52.7 Å². The second-order valence-corrected chi connectivity index (χ2v) is 8.37. The number of fused-ring (bicyclic) bond motifs is 1. The minimum atomic E-state index is -0.337. The number of hydrogen-bond acceptors (Lipinski definition) is 4. The van der Waals surface area contributed by atoms with Crippen LogP contribution >= 0.6 is 11.8 Å². The van der Waals surface area contributed by atoms with Crippen LogP contribution in [-0.2, 0) is 5.41 Å². The molecule has 0 fully saturated rings. The molecular weight excluding hydrogens is 351 g/mol. The molecule has 0 radical (unpaired) electrons. The second kappa shape index (κ2) is 6.54. The molecule has 0 N–H and O–H groups in total. The van der Waals surface area contributed by atoms with Crippen LogP contribution in [-0.4, -0.2) is 25.6 Å². The lowest BCUT2D eigenvalue weighted by molar-refractivity contribution is 0.473. The van der Waals surface area contributed by atoms with E-state index in [0.717, 1.165) is 5.56 Å². The van der Waals surface area contributed by atoms with Gasteiger partial charge in [-0.25, -0.2) is 23.7 Å². The van der Waals surface area contributed by atoms with Crippen molar-refractivity contribution in [1.82, 2.24) is 19.3 Å². The summed E-state index contributed by atoms with van der Waals surface area (Å²) in [5.41, 5.74) is 1.54. The molecule has 0 aliphatic rings. The quantitative estimate of drug-likeness (QED) is 0.506. The van der Waals surface area contributed by atoms with Crippen LogP contribution in [0.2, 0.25) is 0 Å². The van der Waals surface area contributed by atoms with E-state index in [1.165, 1.54) is 23.9 Å². The molecule has 138 valence electrons. The van der Waals surface area contributed by atoms with Crippen molar-refractivity contribution in [3.8, 4) is 5.69 Å². The molecule has 0 saturated heterocycles. The van der Waals surface area contributed by atoms with Gasteiger partial charge in [0.1, 0.15) is 11.2 Å². The smallest absolute Gasteiger partial charge is 0.267 e. The number of hydrogen-bond donors (Lipinski definition) is 0. The minimum Gasteiger partial charge on any atom is -0.267 e. The van der Waals surface area contributed by atoms with Crippen molar-refractivity contribution >= 4 is 22.8 Å². The summed E-state index contributed by atoms with van der Waals surface area (Å²) in [5.74, 6) is -0.337. The first-order valence-corrected chi connectivity index (χ1v) is 9.71. The minimum absolute atomic E-state index is 0.115. The lowest BCUT2D eigenvalue weighted by Crippen LogP contribution is -2.24. The van der Waals surface area contributed by atoms with Crippen molar-refractivity contribution in [2.45, 2.75) is 51.2 Å². The Kier molecular flexibility index (Phi) is 4.69. The molecule has 0 amide bonds. The summed E-state index contributed by atoms with van der Waals surface area (Å²) in [6.07, 6.45) is 3.43. The molecule has 3 rings (SSSR count). The number of halogens is 1. The highest BCUT2D eigenvalue weighted by Crippen LogP contribution is 2.27. The summed E-state index contributed by atoms with van der Waals surface area (Å²) in [4.78, 5) is 21.6. The van der Waals surface area contributed by atoms with Gasteiger partial charge >= 0.3 is 0 Å². The van der Waals surface area contributed by atoms with E-state index in [9.17, 15) is 9.18 Å². The Bertz CT molecular complexity index is 1030. The third kappa shape index (κ3) is 3.16. The van der Waals surface area contributed by atoms with Crippen LogP contribution in [0.3, 0.4) is 0 Å². The maximum atomic E-state index is 14.4. The lowest BCUT2D eigenvalue weighted by Gasteiger charge is -2.22. The molecule has 0 spiro atoms. The summed E-state index contributed by atoms with van der Waals surface area (Å²) in [7, 11) is 0. The van der Waals surface area contributed by atoms with E-state index in [1.807, 2.05) is 46.9 Å². The van der Waals surface area contributed by atoms with E-state index in [0.29, 0.717) is 21.9 Å². The van der Waals surface area contributed by atoms with Crippen LogP contribution in [0.25, 0.3) is 16.7 Å². The highest BCUT2D eigenvalue weighted by Gasteiger charge is 2.22. The van der Waals surface area contributed by atoms with Crippen LogP contribution in [0.1, 0.15) is 46.2 Å². The zero-order valence-electron chi connectivity index (χ0n) is 15.9. The Labute approximate surface area is 156 Å². The van der Waals surface area contributed by atoms with Gasteiger partial charge in [-0.1, -0.05) is 32.5 Å². The first-order valence-electron chi connectivity index (χ1n) is 8.49. The Morgan fingerprint density at radius 1 is 1.19 bits per heavy atom. The zero-order valence-corrected chi connectivity index (χ0v) is 16.7. The molecule has 3 aromatic rings. The van der Waals surface area contributed by atoms with Gasteiger partial charge in [0.05, 0.1) is 5.69 Å². The van der Waals surface area contributed by atoms with E-state index < -0.39 is 0 Å². The molecule has 0 aliphatic carbocycles. The average molecular weight is 374 g/mol. The number of aromatic nitrogens is 4. The number of rotatable bonds is 3. The Morgan fingerprint density at radius 2 is 1.88 bits per heavy atom. The van der Waals surface area contributed by atoms with Crippen LogP contribution in [0.15, 0.2) is 34.3 Å². The maximum absolute atomic E-state index is 14.4. The Balaban J connectivity index is 2.42. The van der Waals surface area contributed by atoms with Crippen LogP contribution in [0.4, 0.5) is 4.39 Å². The molecule has 0 bridgehead atoms. The van der Waals surface area contributed by atoms with Gasteiger partial charge in [-0.3, -0.25) is 4.79 Å². The molecule has 26 heavy (non-hydrogen) atoms. The summed E-state index contributed by atoms with van der Waals surface area (Å²) >= 11 is 1.40. The van der Waals surface area contributed by atoms with E-state index >= 15 is 0 Å². The van der Waals surface area contributed by atoms with Crippen LogP contribution in [0.5, 0.6) is 0 Å². The second-order valence-electron chi connectivity index (χ2n) is 7.60. The average Bonchev–Trinajstić information content (AvgIpc) is 2.85. The summed E-state index contributed by atoms with van der Waals surface area (Å²) in [5, 5.41) is 0.998. The summed E-state index contributed by atoms with van der Waals surface area (Å²) in [6, 6.07) is 4.78. The predicted molar refractivity (Wildman–Crippen MR) is 104 cm³/mol. The molecule has 1 aromatic carbocycles. The highest BCUT2D eigenvalue weighted by atomic mass is 32.2. The number of benzene rings is 1. The molecule has 2 aromatic heterocycles. The molecule has 5 nitrogen and oxygen atoms in total. The van der Waals surface area contributed by atoms with Gasteiger partial charge < -0.3 is 0 Å². The standard InChI is InChI=1S/C19H23FN4OS/c1-11(2)23-17(25)15-10-21-18(26-6)22-16(15)24(23)14-8-12(19(3,4)5)7-13(20)9-14/h7-11H,1-6H3. The van der Waals surface area contributed by atoms with E-state index in [4.69, 9.17) is 0 Å². The van der Waals surface area contributed by atoms with Gasteiger partial charge in [0, 0.05) is 12.2 Å². The predicted octanol–water partition coefficient (Wildman–Crippen LogP) is 4.32. The SMILES string of the molecule is CSc1ncc2c(=O)n(C(C)C)n(-c3cc(F)cc(C(C)(C)C)c3)c2n1. The molecule has 0 atom stereocenters. The number of nitrogens with zero attached hydrogens (tertiary/aromatic N) is 4. The van der Waals surface area contributed by atoms with Gasteiger partial charge in [0.2, 0.25) is 0 Å². The van der Waals surface area contributed by atoms with E-state index in [1.54, 1.807) is 15.6 Å². The third-order valence-corrected chi connectivity index (χ3v) is 4.83. The molecule has 2 heterocycles. The fourth-order valence-corrected chi connectivity index (χ4v) is 3.26. The van der Waals surface area contributed by atoms with Crippen LogP contribution in [0, 0.1) is 5.82 Å². The molecule has 0 aliphatic heterocycles. The van der Waals surface area contributed by atoms with E-state index in [2.05, 4.69) is 9.97 Å². The molecule has 0 saturated carbocycles. The van der Waals surface area contributed by atoms with Gasteiger partial charge in [-0.05, 0) is 49.3 Å². The Morgan fingerprint density at radius 3 is 2.46 bits per heavy atom.